The Balaban J connectivity index is 0. The zero-order valence-electron chi connectivity index (χ0n) is 8.68. The lowest BCUT2D eigenvalue weighted by Crippen LogP contribution is -2.44. The highest BCUT2D eigenvalue weighted by atomic mass is 16.3. The summed E-state index contributed by atoms with van der Waals surface area (Å²) in [5.74, 6) is 0. The third-order valence-electron chi connectivity index (χ3n) is 1.50. The second kappa shape index (κ2) is 4.68. The second-order valence-electron chi connectivity index (χ2n) is 3.96. The van der Waals surface area contributed by atoms with E-state index in [4.69, 9.17) is 18.1 Å². The van der Waals surface area contributed by atoms with Crippen molar-refractivity contribution in [2.75, 3.05) is 0 Å². The fourth-order valence-corrected chi connectivity index (χ4v) is 0. The van der Waals surface area contributed by atoms with Crippen LogP contribution in [0.25, 0.3) is 0 Å². The summed E-state index contributed by atoms with van der Waals surface area (Å²) in [5.41, 5.74) is -1.35. The van der Waals surface area contributed by atoms with Gasteiger partial charge < -0.3 is 10.2 Å². The predicted octanol–water partition coefficient (Wildman–Crippen LogP) is 1.22. The fraction of sp³-hybridized carbons (Fsp3) is 0.778. The Morgan fingerprint density at radius 2 is 1.17 bits per heavy atom. The molecule has 0 fully saturated rings. The van der Waals surface area contributed by atoms with Gasteiger partial charge in [-0.05, 0) is 27.7 Å². The highest BCUT2D eigenvalue weighted by Gasteiger charge is 2.31. The molecule has 0 spiro atoms. The maximum Gasteiger partial charge on any atom is 0.106 e. The van der Waals surface area contributed by atoms with Crippen molar-refractivity contribution in [2.24, 2.45) is 0 Å². The van der Waals surface area contributed by atoms with Gasteiger partial charge in [0.1, 0.15) is 7.85 Å². The van der Waals surface area contributed by atoms with E-state index in [1.54, 1.807) is 34.6 Å². The van der Waals surface area contributed by atoms with Crippen molar-refractivity contribution in [2.45, 2.75) is 45.8 Å². The van der Waals surface area contributed by atoms with E-state index in [1.807, 2.05) is 0 Å². The van der Waals surface area contributed by atoms with Crippen molar-refractivity contribution < 1.29 is 10.2 Å². The van der Waals surface area contributed by atoms with E-state index in [-0.39, 0.29) is 0 Å². The van der Waals surface area contributed by atoms with Crippen LogP contribution in [-0.4, -0.2) is 29.3 Å². The second-order valence-corrected chi connectivity index (χ2v) is 3.96. The van der Waals surface area contributed by atoms with Gasteiger partial charge in [-0.25, -0.2) is 0 Å². The third-order valence-corrected chi connectivity index (χ3v) is 1.50. The molecule has 0 unspecified atom stereocenters. The van der Waals surface area contributed by atoms with Crippen LogP contribution >= 0.6 is 0 Å². The topological polar surface area (TPSA) is 40.5 Å². The van der Waals surface area contributed by atoms with Crippen molar-refractivity contribution in [3.8, 4) is 0 Å². The molecule has 0 bridgehead atoms. The highest BCUT2D eigenvalue weighted by Crippen LogP contribution is 2.19. The van der Waals surface area contributed by atoms with Gasteiger partial charge >= 0.3 is 0 Å². The predicted molar refractivity (Wildman–Crippen MR) is 53.2 cm³/mol. The molecule has 0 aromatic carbocycles. The van der Waals surface area contributed by atoms with Crippen LogP contribution in [0.3, 0.4) is 0 Å². The summed E-state index contributed by atoms with van der Waals surface area (Å²) in [7, 11) is 4.92. The van der Waals surface area contributed by atoms with Crippen LogP contribution in [0.2, 0.25) is 0 Å². The molecular formula is C9H19BO2. The number of rotatable bonds is 1. The van der Waals surface area contributed by atoms with Crippen molar-refractivity contribution in [1.29, 1.82) is 0 Å². The first-order valence-corrected chi connectivity index (χ1v) is 3.84. The highest BCUT2D eigenvalue weighted by molar-refractivity contribution is 6.20. The van der Waals surface area contributed by atoms with Crippen LogP contribution in [0.1, 0.15) is 34.6 Å². The minimum absolute atomic E-state index is 0.667. The Labute approximate surface area is 76.7 Å². The zero-order valence-corrected chi connectivity index (χ0v) is 8.68. The van der Waals surface area contributed by atoms with Crippen molar-refractivity contribution in [1.82, 2.24) is 0 Å². The summed E-state index contributed by atoms with van der Waals surface area (Å²) < 4.78 is 0. The Kier molecular flexibility index (Phi) is 5.56. The minimum atomic E-state index is -1.01. The number of hydrogen-bond donors (Lipinski definition) is 2. The zero-order chi connectivity index (χ0) is 10.6. The van der Waals surface area contributed by atoms with Crippen molar-refractivity contribution >= 4 is 7.85 Å². The smallest absolute Gasteiger partial charge is 0.106 e. The standard InChI is InChI=1S/C6H14O2.C3H5B/c1-5(2,7)6(3,4)8;1-3(2)4/h7-8H,1-4H3;1H2,2H3. The minimum Gasteiger partial charge on any atom is -0.387 e. The van der Waals surface area contributed by atoms with Crippen LogP contribution in [0.5, 0.6) is 0 Å². The van der Waals surface area contributed by atoms with E-state index in [9.17, 15) is 0 Å². The van der Waals surface area contributed by atoms with E-state index >= 15 is 0 Å². The Hall–Kier alpha value is -0.275. The number of hydrogen-bond acceptors (Lipinski definition) is 2. The molecule has 2 radical (unpaired) electrons. The van der Waals surface area contributed by atoms with Crippen molar-refractivity contribution in [3.05, 3.63) is 12.1 Å². The molecular weight excluding hydrogens is 151 g/mol. The SMILES string of the molecule is CC(C)(O)C(C)(C)O.[B]C(=C)C. The van der Waals surface area contributed by atoms with Crippen LogP contribution < -0.4 is 0 Å². The molecule has 2 N–H and O–H groups in total. The van der Waals surface area contributed by atoms with Crippen LogP contribution in [-0.2, 0) is 0 Å². The molecule has 0 heterocycles. The average molecular weight is 170 g/mol. The van der Waals surface area contributed by atoms with Crippen molar-refractivity contribution in [3.63, 3.8) is 0 Å². The first kappa shape index (κ1) is 14.3. The third kappa shape index (κ3) is 9.72. The van der Waals surface area contributed by atoms with Crippen LogP contribution in [0.4, 0.5) is 0 Å². The molecule has 12 heavy (non-hydrogen) atoms. The van der Waals surface area contributed by atoms with Gasteiger partial charge in [-0.2, -0.15) is 0 Å². The van der Waals surface area contributed by atoms with E-state index in [0.29, 0.717) is 5.47 Å². The first-order valence-electron chi connectivity index (χ1n) is 3.84. The molecule has 0 aromatic heterocycles. The normalized spacial score (nSPS) is 11.6. The number of aliphatic hydroxyl groups is 2. The lowest BCUT2D eigenvalue weighted by Gasteiger charge is -2.31. The molecule has 0 aromatic rings. The summed E-state index contributed by atoms with van der Waals surface area (Å²) in [6.07, 6.45) is 0. The Bertz CT molecular complexity index is 124. The average Bonchev–Trinajstić information content (AvgIpc) is 1.55. The summed E-state index contributed by atoms with van der Waals surface area (Å²) in [5, 5.41) is 18.2. The molecule has 0 amide bonds. The molecule has 0 aliphatic heterocycles. The monoisotopic (exact) mass is 170 g/mol. The molecule has 3 heteroatoms. The molecule has 0 aliphatic rings. The van der Waals surface area contributed by atoms with Gasteiger partial charge in [0, 0.05) is 0 Å². The molecule has 0 saturated carbocycles. The molecule has 70 valence electrons. The summed E-state index contributed by atoms with van der Waals surface area (Å²) in [6.45, 7) is 11.4. The van der Waals surface area contributed by atoms with E-state index in [0.717, 1.165) is 0 Å². The Morgan fingerprint density at radius 1 is 1.08 bits per heavy atom. The van der Waals surface area contributed by atoms with Gasteiger partial charge in [0.25, 0.3) is 0 Å². The van der Waals surface area contributed by atoms with Gasteiger partial charge in [0.15, 0.2) is 0 Å². The lowest BCUT2D eigenvalue weighted by molar-refractivity contribution is -0.107. The van der Waals surface area contributed by atoms with Crippen LogP contribution in [0.15, 0.2) is 12.1 Å². The fourth-order valence-electron chi connectivity index (χ4n) is 0. The summed E-state index contributed by atoms with van der Waals surface area (Å²) in [4.78, 5) is 0. The Morgan fingerprint density at radius 3 is 1.17 bits per heavy atom. The van der Waals surface area contributed by atoms with E-state index in [2.05, 4.69) is 6.58 Å². The molecule has 0 rings (SSSR count). The van der Waals surface area contributed by atoms with Gasteiger partial charge in [0.05, 0.1) is 11.2 Å². The molecule has 0 aliphatic carbocycles. The maximum atomic E-state index is 9.10. The van der Waals surface area contributed by atoms with E-state index in [1.165, 1.54) is 0 Å². The maximum absolute atomic E-state index is 9.10. The summed E-state index contributed by atoms with van der Waals surface area (Å²) >= 11 is 0. The quantitative estimate of drug-likeness (QED) is 0.580. The van der Waals surface area contributed by atoms with Gasteiger partial charge in [-0.1, -0.05) is 6.92 Å². The van der Waals surface area contributed by atoms with Gasteiger partial charge in [-0.15, -0.1) is 12.1 Å². The van der Waals surface area contributed by atoms with E-state index < -0.39 is 11.2 Å². The first-order chi connectivity index (χ1) is 4.98. The van der Waals surface area contributed by atoms with Gasteiger partial charge in [-0.3, -0.25) is 0 Å². The largest absolute Gasteiger partial charge is 0.387 e. The number of allylic oxidation sites excluding steroid dienone is 1. The molecule has 0 atom stereocenters. The summed E-state index contributed by atoms with van der Waals surface area (Å²) in [6, 6.07) is 0. The van der Waals surface area contributed by atoms with Gasteiger partial charge in [0.2, 0.25) is 0 Å². The molecule has 2 nitrogen and oxygen atoms in total. The lowest BCUT2D eigenvalue weighted by atomic mass is 9.90. The molecule has 0 saturated heterocycles. The van der Waals surface area contributed by atoms with Crippen LogP contribution in [0, 0.1) is 0 Å².